The van der Waals surface area contributed by atoms with Crippen LogP contribution in [0.15, 0.2) is 89.8 Å². The Morgan fingerprint density at radius 1 is 0.914 bits per heavy atom. The lowest BCUT2D eigenvalue weighted by molar-refractivity contribution is -0.150. The molecule has 0 amide bonds. The molecule has 0 aromatic heterocycles. The molecule has 1 aliphatic heterocycles. The molecule has 1 fully saturated rings. The van der Waals surface area contributed by atoms with Crippen LogP contribution in [0.25, 0.3) is 0 Å². The molecule has 3 aromatic rings. The zero-order valence-electron chi connectivity index (χ0n) is 19.0. The molecule has 4 atom stereocenters. The van der Waals surface area contributed by atoms with Gasteiger partial charge in [0.15, 0.2) is 6.29 Å². The van der Waals surface area contributed by atoms with Gasteiger partial charge in [-0.25, -0.2) is 4.79 Å². The second-order valence-corrected chi connectivity index (χ2v) is 9.69. The first kappa shape index (κ1) is 25.0. The van der Waals surface area contributed by atoms with Crippen molar-refractivity contribution < 1.29 is 36.7 Å². The van der Waals surface area contributed by atoms with E-state index in [9.17, 15) is 18.3 Å². The van der Waals surface area contributed by atoms with E-state index in [4.69, 9.17) is 18.4 Å². The molecule has 3 aromatic carbocycles. The third kappa shape index (κ3) is 6.33. The Morgan fingerprint density at radius 2 is 1.54 bits per heavy atom. The highest BCUT2D eigenvalue weighted by molar-refractivity contribution is 7.86. The highest BCUT2D eigenvalue weighted by Crippen LogP contribution is 2.30. The van der Waals surface area contributed by atoms with Crippen molar-refractivity contribution in [2.24, 2.45) is 0 Å². The van der Waals surface area contributed by atoms with Crippen molar-refractivity contribution in [2.45, 2.75) is 43.0 Å². The van der Waals surface area contributed by atoms with Gasteiger partial charge in [0.1, 0.15) is 24.9 Å². The van der Waals surface area contributed by atoms with Gasteiger partial charge < -0.3 is 19.3 Å². The molecule has 1 N–H and O–H groups in total. The van der Waals surface area contributed by atoms with Gasteiger partial charge >= 0.3 is 5.97 Å². The van der Waals surface area contributed by atoms with Crippen molar-refractivity contribution in [2.75, 3.05) is 6.61 Å². The van der Waals surface area contributed by atoms with E-state index < -0.39 is 40.7 Å². The molecular weight excluding hydrogens is 472 g/mol. The van der Waals surface area contributed by atoms with Crippen LogP contribution in [0.5, 0.6) is 0 Å². The molecule has 1 saturated heterocycles. The molecule has 9 heteroatoms. The van der Waals surface area contributed by atoms with Gasteiger partial charge in [0.25, 0.3) is 10.1 Å². The summed E-state index contributed by atoms with van der Waals surface area (Å²) in [6.45, 7) is 1.58. The van der Waals surface area contributed by atoms with E-state index in [1.807, 2.05) is 37.3 Å². The van der Waals surface area contributed by atoms with Gasteiger partial charge in [-0.05, 0) is 36.8 Å². The van der Waals surface area contributed by atoms with Gasteiger partial charge in [0.2, 0.25) is 0 Å². The van der Waals surface area contributed by atoms with Crippen molar-refractivity contribution in [3.63, 3.8) is 0 Å². The minimum atomic E-state index is -4.23. The number of benzene rings is 3. The van der Waals surface area contributed by atoms with Gasteiger partial charge in [-0.3, -0.25) is 4.18 Å². The zero-order chi connectivity index (χ0) is 24.8. The smallest absolute Gasteiger partial charge is 0.338 e. The Kier molecular flexibility index (Phi) is 7.94. The molecule has 0 spiro atoms. The Bertz CT molecular complexity index is 1210. The molecule has 1 heterocycles. The van der Waals surface area contributed by atoms with Gasteiger partial charge in [-0.2, -0.15) is 8.42 Å². The maximum Gasteiger partial charge on any atom is 0.338 e. The summed E-state index contributed by atoms with van der Waals surface area (Å²) >= 11 is 0. The van der Waals surface area contributed by atoms with Crippen LogP contribution in [0.1, 0.15) is 21.5 Å². The summed E-state index contributed by atoms with van der Waals surface area (Å²) in [5.41, 5.74) is 2.03. The highest BCUT2D eigenvalue weighted by Gasteiger charge is 2.48. The van der Waals surface area contributed by atoms with E-state index in [1.54, 1.807) is 42.5 Å². The minimum Gasteiger partial charge on any atom is -0.459 e. The largest absolute Gasteiger partial charge is 0.459 e. The number of aliphatic hydroxyl groups is 1. The Morgan fingerprint density at radius 3 is 2.20 bits per heavy atom. The summed E-state index contributed by atoms with van der Waals surface area (Å²) in [5, 5.41) is 10.5. The molecule has 0 saturated carbocycles. The number of rotatable bonds is 9. The predicted octanol–water partition coefficient (Wildman–Crippen LogP) is 3.23. The SMILES string of the molecule is Cc1ccc(S(=O)(=O)O[C@H]2[C@@H](OCc3ccccc3)[C@@H](O)O[C@H]2COC(=O)c2ccccc2)cc1. The van der Waals surface area contributed by atoms with E-state index in [-0.39, 0.29) is 18.1 Å². The Labute approximate surface area is 204 Å². The van der Waals surface area contributed by atoms with Crippen LogP contribution in [0.4, 0.5) is 0 Å². The van der Waals surface area contributed by atoms with E-state index in [0.29, 0.717) is 5.56 Å². The third-order valence-electron chi connectivity index (χ3n) is 5.51. The number of hydrogen-bond acceptors (Lipinski definition) is 8. The third-order valence-corrected chi connectivity index (χ3v) is 6.83. The second-order valence-electron chi connectivity index (χ2n) is 8.12. The van der Waals surface area contributed by atoms with E-state index >= 15 is 0 Å². The number of carbonyl (C=O) groups excluding carboxylic acids is 1. The van der Waals surface area contributed by atoms with Crippen LogP contribution in [0.3, 0.4) is 0 Å². The van der Waals surface area contributed by atoms with E-state index in [0.717, 1.165) is 11.1 Å². The highest BCUT2D eigenvalue weighted by atomic mass is 32.2. The monoisotopic (exact) mass is 498 g/mol. The minimum absolute atomic E-state index is 0.0497. The molecule has 1 aliphatic rings. The number of carbonyl (C=O) groups is 1. The Balaban J connectivity index is 1.52. The summed E-state index contributed by atoms with van der Waals surface area (Å²) < 4.78 is 48.2. The van der Waals surface area contributed by atoms with Crippen LogP contribution in [-0.4, -0.2) is 50.7 Å². The number of hydrogen-bond donors (Lipinski definition) is 1. The van der Waals surface area contributed by atoms with Crippen molar-refractivity contribution >= 4 is 16.1 Å². The van der Waals surface area contributed by atoms with E-state index in [1.165, 1.54) is 12.1 Å². The Hall–Kier alpha value is -3.08. The second kappa shape index (κ2) is 11.1. The normalized spacial score (nSPS) is 22.1. The van der Waals surface area contributed by atoms with Crippen molar-refractivity contribution in [3.8, 4) is 0 Å². The molecule has 0 unspecified atom stereocenters. The molecule has 8 nitrogen and oxygen atoms in total. The fraction of sp³-hybridized carbons (Fsp3) is 0.269. The predicted molar refractivity (Wildman–Crippen MR) is 126 cm³/mol. The van der Waals surface area contributed by atoms with Gasteiger partial charge in [0.05, 0.1) is 17.1 Å². The summed E-state index contributed by atoms with van der Waals surface area (Å²) in [4.78, 5) is 12.3. The molecule has 35 heavy (non-hydrogen) atoms. The molecule has 0 bridgehead atoms. The average molecular weight is 499 g/mol. The number of aliphatic hydroxyl groups excluding tert-OH is 1. The summed E-state index contributed by atoms with van der Waals surface area (Å²) in [7, 11) is -4.23. The summed E-state index contributed by atoms with van der Waals surface area (Å²) in [6.07, 6.45) is -4.98. The van der Waals surface area contributed by atoms with Crippen LogP contribution < -0.4 is 0 Å². The van der Waals surface area contributed by atoms with Gasteiger partial charge in [-0.1, -0.05) is 66.2 Å². The first-order valence-corrected chi connectivity index (χ1v) is 12.5. The van der Waals surface area contributed by atoms with Crippen molar-refractivity contribution in [3.05, 3.63) is 102 Å². The van der Waals surface area contributed by atoms with Crippen LogP contribution in [0.2, 0.25) is 0 Å². The molecule has 4 rings (SSSR count). The maximum atomic E-state index is 13.0. The first-order valence-electron chi connectivity index (χ1n) is 11.0. The molecular formula is C26H26O8S. The average Bonchev–Trinajstić information content (AvgIpc) is 3.15. The van der Waals surface area contributed by atoms with Gasteiger partial charge in [0, 0.05) is 0 Å². The zero-order valence-corrected chi connectivity index (χ0v) is 19.8. The van der Waals surface area contributed by atoms with Gasteiger partial charge in [-0.15, -0.1) is 0 Å². The number of ether oxygens (including phenoxy) is 3. The van der Waals surface area contributed by atoms with Crippen LogP contribution in [-0.2, 0) is 35.1 Å². The molecule has 184 valence electrons. The molecule has 0 radical (unpaired) electrons. The lowest BCUT2D eigenvalue weighted by atomic mass is 10.1. The first-order chi connectivity index (χ1) is 16.8. The van der Waals surface area contributed by atoms with Crippen molar-refractivity contribution in [1.82, 2.24) is 0 Å². The fourth-order valence-corrected chi connectivity index (χ4v) is 4.73. The quantitative estimate of drug-likeness (QED) is 0.354. The van der Waals surface area contributed by atoms with Crippen LogP contribution in [0, 0.1) is 6.92 Å². The van der Waals surface area contributed by atoms with Crippen LogP contribution >= 0.6 is 0 Å². The summed E-state index contributed by atoms with van der Waals surface area (Å²) in [6, 6.07) is 23.7. The fourth-order valence-electron chi connectivity index (χ4n) is 3.62. The number of esters is 1. The topological polar surface area (TPSA) is 108 Å². The maximum absolute atomic E-state index is 13.0. The number of aryl methyl sites for hydroxylation is 1. The summed E-state index contributed by atoms with van der Waals surface area (Å²) in [5.74, 6) is -0.613. The molecule has 0 aliphatic carbocycles. The lowest BCUT2D eigenvalue weighted by Gasteiger charge is -2.23. The standard InChI is InChI=1S/C26H26O8S/c1-18-12-14-21(15-13-18)35(29,30)34-23-22(17-32-25(27)20-10-6-3-7-11-20)33-26(28)24(23)31-16-19-8-4-2-5-9-19/h2-15,22-24,26,28H,16-17H2,1H3/t22-,23+,24+,26-/m0/s1. The lowest BCUT2D eigenvalue weighted by Crippen LogP contribution is -2.40. The van der Waals surface area contributed by atoms with E-state index in [2.05, 4.69) is 0 Å². The van der Waals surface area contributed by atoms with Crippen molar-refractivity contribution in [1.29, 1.82) is 0 Å².